The molecule has 2 aromatic rings. The van der Waals surface area contributed by atoms with Gasteiger partial charge in [-0.3, -0.25) is 4.79 Å². The first-order valence-corrected chi connectivity index (χ1v) is 13.8. The molecular weight excluding hydrogens is 501 g/mol. The zero-order valence-corrected chi connectivity index (χ0v) is 21.9. The van der Waals surface area contributed by atoms with Crippen molar-refractivity contribution in [3.05, 3.63) is 40.7 Å². The number of rotatable bonds is 8. The second kappa shape index (κ2) is 10.1. The highest BCUT2D eigenvalue weighted by molar-refractivity contribution is 7.89. The quantitative estimate of drug-likeness (QED) is 0.379. The number of fused-ring (bicyclic) bond motifs is 1. The summed E-state index contributed by atoms with van der Waals surface area (Å²) in [5, 5.41) is 31.5. The van der Waals surface area contributed by atoms with E-state index in [4.69, 9.17) is 5.26 Å². The number of aromatic nitrogens is 2. The summed E-state index contributed by atoms with van der Waals surface area (Å²) in [6.07, 6.45) is 2.92. The molecule has 0 spiro atoms. The Bertz CT molecular complexity index is 1360. The third-order valence-corrected chi connectivity index (χ3v) is 9.11. The third kappa shape index (κ3) is 5.40. The number of anilines is 1. The van der Waals surface area contributed by atoms with Gasteiger partial charge in [-0.2, -0.15) is 9.65 Å². The average Bonchev–Trinajstić information content (AvgIpc) is 3.48. The summed E-state index contributed by atoms with van der Waals surface area (Å²) >= 11 is 0. The summed E-state index contributed by atoms with van der Waals surface area (Å²) in [5.74, 6) is -1.65. The Balaban J connectivity index is 1.66. The van der Waals surface area contributed by atoms with E-state index in [9.17, 15) is 27.8 Å². The van der Waals surface area contributed by atoms with Gasteiger partial charge >= 0.3 is 0 Å². The minimum Gasteiger partial charge on any atom is -0.393 e. The fourth-order valence-corrected chi connectivity index (χ4v) is 7.68. The van der Waals surface area contributed by atoms with Crippen LogP contribution < -0.4 is 10.0 Å². The minimum absolute atomic E-state index is 0.0314. The molecule has 4 unspecified atom stereocenters. The largest absolute Gasteiger partial charge is 0.393 e. The Labute approximate surface area is 215 Å². The van der Waals surface area contributed by atoms with Gasteiger partial charge in [0.15, 0.2) is 0 Å². The number of aliphatic hydroxyl groups excluding tert-OH is 1. The van der Waals surface area contributed by atoms with E-state index in [1.807, 2.05) is 6.92 Å². The van der Waals surface area contributed by atoms with Gasteiger partial charge in [-0.1, -0.05) is 6.92 Å². The Kier molecular flexibility index (Phi) is 7.45. The van der Waals surface area contributed by atoms with E-state index >= 15 is 0 Å². The summed E-state index contributed by atoms with van der Waals surface area (Å²) in [7, 11) is -4.04. The Morgan fingerprint density at radius 1 is 1.38 bits per heavy atom. The molecule has 0 aromatic carbocycles. The maximum absolute atomic E-state index is 13.8. The van der Waals surface area contributed by atoms with Crippen LogP contribution in [0.1, 0.15) is 67.0 Å². The van der Waals surface area contributed by atoms with Crippen LogP contribution in [0.2, 0.25) is 0 Å². The Hall–Kier alpha value is -2.85. The van der Waals surface area contributed by atoms with Crippen molar-refractivity contribution in [3.8, 4) is 6.07 Å². The number of hydrogen-bond acceptors (Lipinski definition) is 7. The van der Waals surface area contributed by atoms with Gasteiger partial charge in [0.05, 0.1) is 12.2 Å². The van der Waals surface area contributed by atoms with Gasteiger partial charge in [-0.05, 0) is 63.9 Å². The SMILES string of the molecule is Cc1c(S(=O)(=O)NC2C(C)CCC2CC(C)(O)CO)c2n(c1C(=O)Nc1cc(F)nc(C#N)c1)CCC2. The second-order valence-corrected chi connectivity index (χ2v) is 12.1. The van der Waals surface area contributed by atoms with Crippen molar-refractivity contribution >= 4 is 21.6 Å². The molecule has 4 atom stereocenters. The zero-order valence-electron chi connectivity index (χ0n) is 21.1. The van der Waals surface area contributed by atoms with Crippen LogP contribution in [-0.2, 0) is 23.0 Å². The molecule has 12 heteroatoms. The first-order chi connectivity index (χ1) is 17.4. The lowest BCUT2D eigenvalue weighted by atomic mass is 9.88. The van der Waals surface area contributed by atoms with E-state index in [1.165, 1.54) is 13.0 Å². The predicted molar refractivity (Wildman–Crippen MR) is 133 cm³/mol. The molecule has 4 N–H and O–H groups in total. The molecule has 1 saturated carbocycles. The number of nitrogens with zero attached hydrogens (tertiary/aromatic N) is 3. The fourth-order valence-electron chi connectivity index (χ4n) is 5.76. The molecule has 3 heterocycles. The van der Waals surface area contributed by atoms with Gasteiger partial charge in [-0.15, -0.1) is 0 Å². The molecule has 10 nitrogen and oxygen atoms in total. The summed E-state index contributed by atoms with van der Waals surface area (Å²) in [6, 6.07) is 3.54. The van der Waals surface area contributed by atoms with Crippen LogP contribution in [0.3, 0.4) is 0 Å². The van der Waals surface area contributed by atoms with E-state index in [0.29, 0.717) is 30.6 Å². The van der Waals surface area contributed by atoms with Crippen LogP contribution in [0.25, 0.3) is 0 Å². The monoisotopic (exact) mass is 533 g/mol. The smallest absolute Gasteiger partial charge is 0.272 e. The van der Waals surface area contributed by atoms with Gasteiger partial charge < -0.3 is 20.1 Å². The van der Waals surface area contributed by atoms with E-state index in [-0.39, 0.29) is 40.2 Å². The van der Waals surface area contributed by atoms with Crippen LogP contribution in [0.5, 0.6) is 0 Å². The number of carbonyl (C=O) groups excluding carboxylic acids is 1. The number of halogens is 1. The normalized spacial score (nSPS) is 22.9. The number of aliphatic hydroxyl groups is 2. The summed E-state index contributed by atoms with van der Waals surface area (Å²) in [4.78, 5) is 16.8. The van der Waals surface area contributed by atoms with Crippen LogP contribution in [0, 0.1) is 36.0 Å². The van der Waals surface area contributed by atoms with Gasteiger partial charge in [0, 0.05) is 35.6 Å². The van der Waals surface area contributed by atoms with Crippen molar-refractivity contribution in [2.75, 3.05) is 11.9 Å². The van der Waals surface area contributed by atoms with Crippen molar-refractivity contribution in [3.63, 3.8) is 0 Å². The highest BCUT2D eigenvalue weighted by Crippen LogP contribution is 2.39. The molecule has 2 aromatic heterocycles. The van der Waals surface area contributed by atoms with Crippen LogP contribution >= 0.6 is 0 Å². The molecule has 2 aliphatic rings. The molecule has 1 fully saturated rings. The molecule has 1 aliphatic heterocycles. The van der Waals surface area contributed by atoms with Crippen molar-refractivity contribution in [1.82, 2.24) is 14.3 Å². The van der Waals surface area contributed by atoms with Gasteiger partial charge in [0.25, 0.3) is 5.91 Å². The number of nitriles is 1. The van der Waals surface area contributed by atoms with E-state index < -0.39 is 40.1 Å². The van der Waals surface area contributed by atoms with Gasteiger partial charge in [0.2, 0.25) is 16.0 Å². The Morgan fingerprint density at radius 3 is 2.78 bits per heavy atom. The lowest BCUT2D eigenvalue weighted by molar-refractivity contribution is -0.0194. The van der Waals surface area contributed by atoms with Gasteiger partial charge in [-0.25, -0.2) is 18.1 Å². The van der Waals surface area contributed by atoms with Crippen molar-refractivity contribution < 1.29 is 27.8 Å². The number of carbonyl (C=O) groups is 1. The summed E-state index contributed by atoms with van der Waals surface area (Å²) in [5.41, 5.74) is -0.460. The molecule has 200 valence electrons. The molecule has 0 bridgehead atoms. The molecule has 37 heavy (non-hydrogen) atoms. The molecular formula is C25H32FN5O5S. The number of sulfonamides is 1. The highest BCUT2D eigenvalue weighted by atomic mass is 32.2. The van der Waals surface area contributed by atoms with E-state index in [1.54, 1.807) is 17.6 Å². The number of pyridine rings is 1. The van der Waals surface area contributed by atoms with Gasteiger partial charge in [0.1, 0.15) is 22.4 Å². The van der Waals surface area contributed by atoms with Crippen molar-refractivity contribution in [2.45, 2.75) is 76.0 Å². The minimum atomic E-state index is -4.04. The topological polar surface area (TPSA) is 157 Å². The van der Waals surface area contributed by atoms with Crippen LogP contribution in [0.15, 0.2) is 17.0 Å². The first-order valence-electron chi connectivity index (χ1n) is 12.3. The van der Waals surface area contributed by atoms with Crippen molar-refractivity contribution in [2.24, 2.45) is 11.8 Å². The fraction of sp³-hybridized carbons (Fsp3) is 0.560. The van der Waals surface area contributed by atoms with Crippen LogP contribution in [-0.4, -0.2) is 52.3 Å². The van der Waals surface area contributed by atoms with Crippen LogP contribution in [0.4, 0.5) is 10.1 Å². The van der Waals surface area contributed by atoms with E-state index in [2.05, 4.69) is 15.0 Å². The molecule has 0 saturated heterocycles. The lowest BCUT2D eigenvalue weighted by Gasteiger charge is -2.30. The number of amides is 1. The molecule has 1 amide bonds. The second-order valence-electron chi connectivity index (χ2n) is 10.5. The Morgan fingerprint density at radius 2 is 2.11 bits per heavy atom. The average molecular weight is 534 g/mol. The standard InChI is InChI=1S/C25H32FN5O5S/c1-14-6-7-16(11-25(3,34)13-32)21(14)30-37(35,36)23-15(2)22(31-8-4-5-19(23)31)24(33)29-17-9-18(12-27)28-20(26)10-17/h9-10,14,16,21,30,32,34H,4-8,11,13H2,1-3H3,(H,28,29,33). The maximum Gasteiger partial charge on any atom is 0.272 e. The summed E-state index contributed by atoms with van der Waals surface area (Å²) < 4.78 is 45.8. The summed E-state index contributed by atoms with van der Waals surface area (Å²) in [6.45, 7) is 5.12. The number of nitrogens with one attached hydrogen (secondary N) is 2. The van der Waals surface area contributed by atoms with Crippen molar-refractivity contribution in [1.29, 1.82) is 5.26 Å². The maximum atomic E-state index is 13.8. The molecule has 1 aliphatic carbocycles. The molecule has 4 rings (SSSR count). The number of hydrogen-bond donors (Lipinski definition) is 4. The molecule has 0 radical (unpaired) electrons. The zero-order chi connectivity index (χ0) is 27.1. The highest BCUT2D eigenvalue weighted by Gasteiger charge is 2.42. The predicted octanol–water partition coefficient (Wildman–Crippen LogP) is 2.23. The first kappa shape index (κ1) is 27.2. The third-order valence-electron chi connectivity index (χ3n) is 7.45. The lowest BCUT2D eigenvalue weighted by Crippen LogP contribution is -2.44. The van der Waals surface area contributed by atoms with E-state index in [0.717, 1.165) is 18.9 Å².